The highest BCUT2D eigenvalue weighted by atomic mass is 14.2. The Kier molecular flexibility index (Phi) is 3.68. The Hall–Kier alpha value is -0.260. The molecule has 0 aromatic rings. The van der Waals surface area contributed by atoms with Crippen LogP contribution in [0.3, 0.4) is 0 Å². The number of hydrogen-bond acceptors (Lipinski definition) is 0. The third-order valence-electron chi connectivity index (χ3n) is 2.75. The largest absolute Gasteiger partial charge is 0.0853 e. The van der Waals surface area contributed by atoms with Crippen molar-refractivity contribution in [1.82, 2.24) is 0 Å². The maximum absolute atomic E-state index is 2.44. The van der Waals surface area contributed by atoms with Crippen LogP contribution in [0.1, 0.15) is 52.4 Å². The fourth-order valence-electron chi connectivity index (χ4n) is 2.16. The molecule has 1 fully saturated rings. The smallest absolute Gasteiger partial charge is 0.0203 e. The van der Waals surface area contributed by atoms with E-state index in [9.17, 15) is 0 Å². The summed E-state index contributed by atoms with van der Waals surface area (Å²) in [6.45, 7) is 4.53. The lowest BCUT2D eigenvalue weighted by Gasteiger charge is -2.11. The van der Waals surface area contributed by atoms with Crippen molar-refractivity contribution in [3.8, 4) is 0 Å². The Morgan fingerprint density at radius 3 is 2.36 bits per heavy atom. The lowest BCUT2D eigenvalue weighted by Crippen LogP contribution is -1.97. The molecule has 0 bridgehead atoms. The van der Waals surface area contributed by atoms with Crippen molar-refractivity contribution >= 4 is 0 Å². The van der Waals surface area contributed by atoms with Crippen LogP contribution in [0, 0.1) is 5.92 Å². The fourth-order valence-corrected chi connectivity index (χ4v) is 2.16. The molecule has 1 aliphatic rings. The number of rotatable bonds is 3. The standard InChI is InChI=1S/C11H20/c1-3-7-10(4-2)11-8-5-6-9-11/h7,11H,3-6,8-9H2,1-2H3/b10-7+. The van der Waals surface area contributed by atoms with E-state index in [4.69, 9.17) is 0 Å². The molecule has 0 aromatic heterocycles. The molecule has 0 N–H and O–H groups in total. The third kappa shape index (κ3) is 2.36. The van der Waals surface area contributed by atoms with E-state index in [0.29, 0.717) is 0 Å². The van der Waals surface area contributed by atoms with Crippen molar-refractivity contribution < 1.29 is 0 Å². The molecule has 11 heavy (non-hydrogen) atoms. The van der Waals surface area contributed by atoms with Gasteiger partial charge >= 0.3 is 0 Å². The molecule has 1 aliphatic carbocycles. The van der Waals surface area contributed by atoms with Gasteiger partial charge in [0.25, 0.3) is 0 Å². The summed E-state index contributed by atoms with van der Waals surface area (Å²) in [6.07, 6.45) is 10.8. The lowest BCUT2D eigenvalue weighted by atomic mass is 9.94. The first kappa shape index (κ1) is 8.83. The molecular weight excluding hydrogens is 132 g/mol. The Bertz CT molecular complexity index is 127. The Morgan fingerprint density at radius 1 is 1.27 bits per heavy atom. The van der Waals surface area contributed by atoms with E-state index in [1.54, 1.807) is 5.57 Å². The molecule has 0 amide bonds. The van der Waals surface area contributed by atoms with E-state index < -0.39 is 0 Å². The summed E-state index contributed by atoms with van der Waals surface area (Å²) in [5, 5.41) is 0. The molecule has 0 heterocycles. The van der Waals surface area contributed by atoms with Gasteiger partial charge in [0.2, 0.25) is 0 Å². The normalized spacial score (nSPS) is 21.1. The number of hydrogen-bond donors (Lipinski definition) is 0. The Morgan fingerprint density at radius 2 is 1.91 bits per heavy atom. The second kappa shape index (κ2) is 4.58. The quantitative estimate of drug-likeness (QED) is 0.538. The van der Waals surface area contributed by atoms with Gasteiger partial charge in [-0.2, -0.15) is 0 Å². The topological polar surface area (TPSA) is 0 Å². The van der Waals surface area contributed by atoms with Crippen molar-refractivity contribution in [1.29, 1.82) is 0 Å². The van der Waals surface area contributed by atoms with Gasteiger partial charge < -0.3 is 0 Å². The van der Waals surface area contributed by atoms with E-state index in [-0.39, 0.29) is 0 Å². The molecule has 1 saturated carbocycles. The van der Waals surface area contributed by atoms with Crippen LogP contribution in [0.15, 0.2) is 11.6 Å². The van der Waals surface area contributed by atoms with Crippen LogP contribution in [-0.2, 0) is 0 Å². The zero-order valence-corrected chi connectivity index (χ0v) is 7.90. The molecule has 0 unspecified atom stereocenters. The van der Waals surface area contributed by atoms with E-state index in [1.165, 1.54) is 38.5 Å². The molecule has 64 valence electrons. The van der Waals surface area contributed by atoms with Crippen LogP contribution in [0.5, 0.6) is 0 Å². The average molecular weight is 152 g/mol. The SMILES string of the molecule is CC/C=C(\CC)C1CCCC1. The van der Waals surface area contributed by atoms with Crippen molar-refractivity contribution in [3.05, 3.63) is 11.6 Å². The molecule has 0 saturated heterocycles. The van der Waals surface area contributed by atoms with Crippen LogP contribution in [-0.4, -0.2) is 0 Å². The summed E-state index contributed by atoms with van der Waals surface area (Å²) in [6, 6.07) is 0. The highest BCUT2D eigenvalue weighted by molar-refractivity contribution is 5.07. The van der Waals surface area contributed by atoms with Crippen LogP contribution in [0.2, 0.25) is 0 Å². The average Bonchev–Trinajstić information content (AvgIpc) is 2.52. The van der Waals surface area contributed by atoms with Gasteiger partial charge in [0, 0.05) is 0 Å². The van der Waals surface area contributed by atoms with E-state index in [1.807, 2.05) is 0 Å². The van der Waals surface area contributed by atoms with Crippen LogP contribution in [0.4, 0.5) is 0 Å². The van der Waals surface area contributed by atoms with Gasteiger partial charge in [-0.1, -0.05) is 38.3 Å². The van der Waals surface area contributed by atoms with Gasteiger partial charge in [0.1, 0.15) is 0 Å². The second-order valence-corrected chi connectivity index (χ2v) is 3.52. The van der Waals surface area contributed by atoms with Gasteiger partial charge in [0.05, 0.1) is 0 Å². The minimum Gasteiger partial charge on any atom is -0.0853 e. The molecule has 0 atom stereocenters. The summed E-state index contributed by atoms with van der Waals surface area (Å²) < 4.78 is 0. The molecular formula is C11H20. The van der Waals surface area contributed by atoms with Crippen molar-refractivity contribution in [2.45, 2.75) is 52.4 Å². The minimum atomic E-state index is 0.958. The molecule has 1 rings (SSSR count). The monoisotopic (exact) mass is 152 g/mol. The first-order valence-corrected chi connectivity index (χ1v) is 5.07. The minimum absolute atomic E-state index is 0.958. The first-order valence-electron chi connectivity index (χ1n) is 5.07. The molecule has 0 aliphatic heterocycles. The maximum atomic E-state index is 2.44. The summed E-state index contributed by atoms with van der Waals surface area (Å²) in [7, 11) is 0. The van der Waals surface area contributed by atoms with Crippen molar-refractivity contribution in [3.63, 3.8) is 0 Å². The maximum Gasteiger partial charge on any atom is -0.0203 e. The molecule has 0 spiro atoms. The predicted octanol–water partition coefficient (Wildman–Crippen LogP) is 3.92. The van der Waals surface area contributed by atoms with Gasteiger partial charge in [-0.3, -0.25) is 0 Å². The Labute approximate surface area is 70.7 Å². The summed E-state index contributed by atoms with van der Waals surface area (Å²) in [5.41, 5.74) is 1.73. The van der Waals surface area contributed by atoms with Gasteiger partial charge in [-0.25, -0.2) is 0 Å². The van der Waals surface area contributed by atoms with Crippen LogP contribution < -0.4 is 0 Å². The molecule has 0 aromatic carbocycles. The first-order chi connectivity index (χ1) is 5.38. The number of allylic oxidation sites excluding steroid dienone is 2. The van der Waals surface area contributed by atoms with Gasteiger partial charge in [-0.05, 0) is 31.6 Å². The highest BCUT2D eigenvalue weighted by Crippen LogP contribution is 2.32. The lowest BCUT2D eigenvalue weighted by molar-refractivity contribution is 0.617. The second-order valence-electron chi connectivity index (χ2n) is 3.52. The fraction of sp³-hybridized carbons (Fsp3) is 0.818. The Balaban J connectivity index is 2.46. The molecule has 0 heteroatoms. The highest BCUT2D eigenvalue weighted by Gasteiger charge is 2.17. The summed E-state index contributed by atoms with van der Waals surface area (Å²) in [4.78, 5) is 0. The summed E-state index contributed by atoms with van der Waals surface area (Å²) >= 11 is 0. The van der Waals surface area contributed by atoms with Crippen LogP contribution >= 0.6 is 0 Å². The van der Waals surface area contributed by atoms with Crippen LogP contribution in [0.25, 0.3) is 0 Å². The van der Waals surface area contributed by atoms with Gasteiger partial charge in [-0.15, -0.1) is 0 Å². The van der Waals surface area contributed by atoms with Gasteiger partial charge in [0.15, 0.2) is 0 Å². The van der Waals surface area contributed by atoms with E-state index in [2.05, 4.69) is 19.9 Å². The summed E-state index contributed by atoms with van der Waals surface area (Å²) in [5.74, 6) is 0.958. The molecule has 0 nitrogen and oxygen atoms in total. The van der Waals surface area contributed by atoms with Crippen molar-refractivity contribution in [2.75, 3.05) is 0 Å². The predicted molar refractivity (Wildman–Crippen MR) is 50.6 cm³/mol. The van der Waals surface area contributed by atoms with E-state index in [0.717, 1.165) is 5.92 Å². The zero-order chi connectivity index (χ0) is 8.10. The van der Waals surface area contributed by atoms with Crippen molar-refractivity contribution in [2.24, 2.45) is 5.92 Å². The third-order valence-corrected chi connectivity index (χ3v) is 2.75. The van der Waals surface area contributed by atoms with E-state index >= 15 is 0 Å². The zero-order valence-electron chi connectivity index (χ0n) is 7.90. The molecule has 0 radical (unpaired) electrons.